The van der Waals surface area contributed by atoms with Crippen LogP contribution in [0.25, 0.3) is 0 Å². The standard InChI is InChI=1S/C15H25N3O2/c1-18(12-6-2-3-7-13(12)19)10-14(20)17-15(11-16)8-4-5-9-15/h12-13,19H,2-10H2,1H3,(H,17,20). The number of amides is 1. The molecular formula is C15H25N3O2. The molecule has 2 atom stereocenters. The van der Waals surface area contributed by atoms with Crippen molar-refractivity contribution in [2.75, 3.05) is 13.6 Å². The molecule has 20 heavy (non-hydrogen) atoms. The Balaban J connectivity index is 1.86. The van der Waals surface area contributed by atoms with Crippen LogP contribution < -0.4 is 5.32 Å². The SMILES string of the molecule is CN(CC(=O)NC1(C#N)CCCC1)C1CCCCC1O. The lowest BCUT2D eigenvalue weighted by Crippen LogP contribution is -2.52. The molecule has 2 aliphatic rings. The van der Waals surface area contributed by atoms with Gasteiger partial charge < -0.3 is 10.4 Å². The first-order chi connectivity index (χ1) is 9.56. The van der Waals surface area contributed by atoms with E-state index in [0.29, 0.717) is 0 Å². The molecule has 1 amide bonds. The molecule has 2 saturated carbocycles. The van der Waals surface area contributed by atoms with Crippen molar-refractivity contribution in [3.05, 3.63) is 0 Å². The van der Waals surface area contributed by atoms with Gasteiger partial charge in [0.15, 0.2) is 0 Å². The summed E-state index contributed by atoms with van der Waals surface area (Å²) in [6.45, 7) is 0.255. The Bertz CT molecular complexity index is 385. The fourth-order valence-corrected chi connectivity index (χ4v) is 3.50. The van der Waals surface area contributed by atoms with Crippen molar-refractivity contribution in [3.8, 4) is 6.07 Å². The van der Waals surface area contributed by atoms with E-state index in [9.17, 15) is 15.2 Å². The first-order valence-electron chi connectivity index (χ1n) is 7.67. The molecule has 0 bridgehead atoms. The van der Waals surface area contributed by atoms with Gasteiger partial charge in [-0.2, -0.15) is 5.26 Å². The van der Waals surface area contributed by atoms with Crippen LogP contribution >= 0.6 is 0 Å². The third-order valence-corrected chi connectivity index (χ3v) is 4.70. The fraction of sp³-hybridized carbons (Fsp3) is 0.867. The van der Waals surface area contributed by atoms with Crippen molar-refractivity contribution in [1.29, 1.82) is 5.26 Å². The Kier molecular flexibility index (Phi) is 5.00. The van der Waals surface area contributed by atoms with Crippen molar-refractivity contribution in [1.82, 2.24) is 10.2 Å². The second-order valence-electron chi connectivity index (χ2n) is 6.28. The Morgan fingerprint density at radius 3 is 2.60 bits per heavy atom. The summed E-state index contributed by atoms with van der Waals surface area (Å²) in [5.74, 6) is -0.103. The molecule has 5 nitrogen and oxygen atoms in total. The van der Waals surface area contributed by atoms with E-state index in [1.54, 1.807) is 0 Å². The molecule has 112 valence electrons. The van der Waals surface area contributed by atoms with Crippen molar-refractivity contribution >= 4 is 5.91 Å². The molecule has 0 heterocycles. The van der Waals surface area contributed by atoms with E-state index in [2.05, 4.69) is 11.4 Å². The van der Waals surface area contributed by atoms with Crippen LogP contribution in [0.3, 0.4) is 0 Å². The van der Waals surface area contributed by atoms with Gasteiger partial charge >= 0.3 is 0 Å². The molecule has 0 aliphatic heterocycles. The molecule has 5 heteroatoms. The van der Waals surface area contributed by atoms with Crippen LogP contribution in [0.15, 0.2) is 0 Å². The van der Waals surface area contributed by atoms with Gasteiger partial charge in [-0.05, 0) is 45.6 Å². The van der Waals surface area contributed by atoms with Crippen LogP contribution in [0.1, 0.15) is 51.4 Å². The van der Waals surface area contributed by atoms with Crippen molar-refractivity contribution in [2.24, 2.45) is 0 Å². The van der Waals surface area contributed by atoms with Crippen LogP contribution in [0.5, 0.6) is 0 Å². The average Bonchev–Trinajstić information content (AvgIpc) is 2.88. The van der Waals surface area contributed by atoms with Gasteiger partial charge in [-0.15, -0.1) is 0 Å². The van der Waals surface area contributed by atoms with Crippen LogP contribution in [-0.4, -0.2) is 47.2 Å². The molecule has 0 aromatic rings. The van der Waals surface area contributed by atoms with Gasteiger partial charge in [-0.25, -0.2) is 0 Å². The maximum Gasteiger partial charge on any atom is 0.235 e. The molecule has 0 radical (unpaired) electrons. The first-order valence-corrected chi connectivity index (χ1v) is 7.67. The molecule has 0 aromatic carbocycles. The minimum Gasteiger partial charge on any atom is -0.391 e. The average molecular weight is 279 g/mol. The summed E-state index contributed by atoms with van der Waals surface area (Å²) < 4.78 is 0. The minimum absolute atomic E-state index is 0.0658. The van der Waals surface area contributed by atoms with Gasteiger partial charge in [0.1, 0.15) is 5.54 Å². The summed E-state index contributed by atoms with van der Waals surface area (Å²) in [7, 11) is 1.88. The normalized spacial score (nSPS) is 29.1. The highest BCUT2D eigenvalue weighted by Gasteiger charge is 2.36. The molecular weight excluding hydrogens is 254 g/mol. The summed E-state index contributed by atoms with van der Waals surface area (Å²) in [5, 5.41) is 22.2. The molecule has 0 aromatic heterocycles. The summed E-state index contributed by atoms with van der Waals surface area (Å²) in [4.78, 5) is 14.1. The van der Waals surface area contributed by atoms with E-state index >= 15 is 0 Å². The highest BCUT2D eigenvalue weighted by Crippen LogP contribution is 2.29. The van der Waals surface area contributed by atoms with Crippen molar-refractivity contribution in [2.45, 2.75) is 69.1 Å². The molecule has 2 fully saturated rings. The highest BCUT2D eigenvalue weighted by atomic mass is 16.3. The Hall–Kier alpha value is -1.12. The summed E-state index contributed by atoms with van der Waals surface area (Å²) in [6, 6.07) is 2.34. The molecule has 2 aliphatic carbocycles. The lowest BCUT2D eigenvalue weighted by atomic mass is 9.91. The second kappa shape index (κ2) is 6.55. The van der Waals surface area contributed by atoms with Crippen LogP contribution in [0, 0.1) is 11.3 Å². The zero-order valence-electron chi connectivity index (χ0n) is 12.3. The van der Waals surface area contributed by atoms with Gasteiger partial charge in [0.25, 0.3) is 0 Å². The Labute approximate surface area is 120 Å². The maximum atomic E-state index is 12.1. The van der Waals surface area contributed by atoms with Crippen molar-refractivity contribution < 1.29 is 9.90 Å². The smallest absolute Gasteiger partial charge is 0.235 e. The number of nitrogens with one attached hydrogen (secondary N) is 1. The zero-order valence-corrected chi connectivity index (χ0v) is 12.3. The number of hydrogen-bond acceptors (Lipinski definition) is 4. The van der Waals surface area contributed by atoms with E-state index in [1.807, 2.05) is 11.9 Å². The predicted octanol–water partition coefficient (Wildman–Crippen LogP) is 1.17. The lowest BCUT2D eigenvalue weighted by Gasteiger charge is -2.35. The maximum absolute atomic E-state index is 12.1. The third kappa shape index (κ3) is 3.50. The first kappa shape index (κ1) is 15.3. The molecule has 2 unspecified atom stereocenters. The van der Waals surface area contributed by atoms with E-state index in [-0.39, 0.29) is 24.6 Å². The third-order valence-electron chi connectivity index (χ3n) is 4.70. The molecule has 2 N–H and O–H groups in total. The largest absolute Gasteiger partial charge is 0.391 e. The highest BCUT2D eigenvalue weighted by molar-refractivity contribution is 5.79. The van der Waals surface area contributed by atoms with E-state index < -0.39 is 5.54 Å². The topological polar surface area (TPSA) is 76.4 Å². The number of aliphatic hydroxyl groups is 1. The Morgan fingerprint density at radius 2 is 2.00 bits per heavy atom. The number of nitriles is 1. The fourth-order valence-electron chi connectivity index (χ4n) is 3.50. The Morgan fingerprint density at radius 1 is 1.35 bits per heavy atom. The number of carbonyl (C=O) groups excluding carboxylic acids is 1. The summed E-state index contributed by atoms with van der Waals surface area (Å²) >= 11 is 0. The number of likely N-dealkylation sites (N-methyl/N-ethyl adjacent to an activating group) is 1. The van der Waals surface area contributed by atoms with E-state index in [0.717, 1.165) is 51.4 Å². The van der Waals surface area contributed by atoms with Crippen molar-refractivity contribution in [3.63, 3.8) is 0 Å². The zero-order chi connectivity index (χ0) is 14.6. The van der Waals surface area contributed by atoms with Gasteiger partial charge in [0, 0.05) is 6.04 Å². The summed E-state index contributed by atoms with van der Waals surface area (Å²) in [5.41, 5.74) is -0.650. The van der Waals surface area contributed by atoms with E-state index in [1.165, 1.54) is 0 Å². The number of hydrogen-bond donors (Lipinski definition) is 2. The number of nitrogens with zero attached hydrogens (tertiary/aromatic N) is 2. The van der Waals surface area contributed by atoms with Gasteiger partial charge in [0.2, 0.25) is 5.91 Å². The van der Waals surface area contributed by atoms with Crippen LogP contribution in [0.4, 0.5) is 0 Å². The van der Waals surface area contributed by atoms with Gasteiger partial charge in [0.05, 0.1) is 18.7 Å². The van der Waals surface area contributed by atoms with E-state index in [4.69, 9.17) is 0 Å². The number of carbonyl (C=O) groups is 1. The van der Waals surface area contributed by atoms with Crippen LogP contribution in [-0.2, 0) is 4.79 Å². The van der Waals surface area contributed by atoms with Gasteiger partial charge in [-0.1, -0.05) is 12.8 Å². The molecule has 2 rings (SSSR count). The molecule has 0 saturated heterocycles. The number of rotatable bonds is 4. The lowest BCUT2D eigenvalue weighted by molar-refractivity contribution is -0.124. The van der Waals surface area contributed by atoms with Gasteiger partial charge in [-0.3, -0.25) is 9.69 Å². The predicted molar refractivity (Wildman–Crippen MR) is 75.8 cm³/mol. The minimum atomic E-state index is -0.650. The summed E-state index contributed by atoms with van der Waals surface area (Å²) in [6.07, 6.45) is 7.11. The monoisotopic (exact) mass is 279 g/mol. The van der Waals surface area contributed by atoms with Crippen LogP contribution in [0.2, 0.25) is 0 Å². The number of aliphatic hydroxyl groups excluding tert-OH is 1. The quantitative estimate of drug-likeness (QED) is 0.810. The second-order valence-corrected chi connectivity index (χ2v) is 6.28. The molecule has 0 spiro atoms.